The standard InChI is InChI=1S/C14H14F2N6O2/c15-14(16)24-12-4-10(21-22-12)19-11-6-18-7-13(20-11)23-9-2-1-8(3-9)5-17/h4,6-9,14H,1-3H2,(H2,19,20,21,22)/t8-,9-/m1/s1. The number of rotatable bonds is 6. The number of ether oxygens (including phenoxy) is 2. The smallest absolute Gasteiger partial charge is 0.388 e. The van der Waals surface area contributed by atoms with Gasteiger partial charge >= 0.3 is 6.61 Å². The van der Waals surface area contributed by atoms with Gasteiger partial charge in [-0.3, -0.25) is 10.1 Å². The van der Waals surface area contributed by atoms with Crippen LogP contribution in [-0.4, -0.2) is 32.9 Å². The van der Waals surface area contributed by atoms with Crippen LogP contribution in [0.4, 0.5) is 20.4 Å². The van der Waals surface area contributed by atoms with Gasteiger partial charge in [0.25, 0.3) is 0 Å². The average molecular weight is 336 g/mol. The van der Waals surface area contributed by atoms with E-state index in [2.05, 4.69) is 36.3 Å². The maximum atomic E-state index is 12.1. The van der Waals surface area contributed by atoms with Crippen molar-refractivity contribution in [2.75, 3.05) is 5.32 Å². The Bertz CT molecular complexity index is 732. The maximum Gasteiger partial charge on any atom is 0.388 e. The molecule has 0 aliphatic heterocycles. The number of hydrogen-bond acceptors (Lipinski definition) is 7. The lowest BCUT2D eigenvalue weighted by atomic mass is 10.1. The highest BCUT2D eigenvalue weighted by molar-refractivity contribution is 5.51. The van der Waals surface area contributed by atoms with E-state index in [9.17, 15) is 8.78 Å². The molecule has 3 rings (SSSR count). The van der Waals surface area contributed by atoms with Gasteiger partial charge in [0.1, 0.15) is 11.9 Å². The van der Waals surface area contributed by atoms with Gasteiger partial charge in [-0.2, -0.15) is 19.0 Å². The zero-order valence-electron chi connectivity index (χ0n) is 12.4. The minimum absolute atomic E-state index is 0.0162. The molecule has 2 aromatic rings. The zero-order valence-corrected chi connectivity index (χ0v) is 12.4. The van der Waals surface area contributed by atoms with Crippen LogP contribution in [0.15, 0.2) is 18.5 Å². The van der Waals surface area contributed by atoms with Crippen molar-refractivity contribution < 1.29 is 18.3 Å². The van der Waals surface area contributed by atoms with E-state index in [1.54, 1.807) is 0 Å². The molecule has 2 N–H and O–H groups in total. The van der Waals surface area contributed by atoms with E-state index in [0.717, 1.165) is 12.8 Å². The third-order valence-electron chi connectivity index (χ3n) is 3.49. The summed E-state index contributed by atoms with van der Waals surface area (Å²) >= 11 is 0. The van der Waals surface area contributed by atoms with E-state index < -0.39 is 6.61 Å². The largest absolute Gasteiger partial charge is 0.473 e. The van der Waals surface area contributed by atoms with Gasteiger partial charge in [-0.05, 0) is 12.8 Å². The molecule has 0 spiro atoms. The summed E-state index contributed by atoms with van der Waals surface area (Å²) in [6, 6.07) is 3.51. The molecule has 8 nitrogen and oxygen atoms in total. The number of H-pyrrole nitrogens is 1. The van der Waals surface area contributed by atoms with Gasteiger partial charge in [0.15, 0.2) is 5.82 Å². The Morgan fingerprint density at radius 3 is 2.96 bits per heavy atom. The van der Waals surface area contributed by atoms with Crippen LogP contribution in [0.1, 0.15) is 19.3 Å². The normalized spacial score (nSPS) is 19.9. The van der Waals surface area contributed by atoms with Crippen LogP contribution < -0.4 is 14.8 Å². The van der Waals surface area contributed by atoms with E-state index in [-0.39, 0.29) is 17.9 Å². The molecular formula is C14H14F2N6O2. The first-order valence-corrected chi connectivity index (χ1v) is 7.28. The lowest BCUT2D eigenvalue weighted by Gasteiger charge is -2.12. The molecule has 2 heterocycles. The first-order valence-electron chi connectivity index (χ1n) is 7.28. The molecule has 2 atom stereocenters. The Kier molecular flexibility index (Phi) is 4.69. The van der Waals surface area contributed by atoms with Crippen molar-refractivity contribution in [3.05, 3.63) is 18.5 Å². The number of alkyl halides is 2. The van der Waals surface area contributed by atoms with Crippen molar-refractivity contribution in [1.82, 2.24) is 20.2 Å². The molecule has 0 aromatic carbocycles. The molecule has 24 heavy (non-hydrogen) atoms. The summed E-state index contributed by atoms with van der Waals surface area (Å²) in [4.78, 5) is 8.25. The van der Waals surface area contributed by atoms with Crippen molar-refractivity contribution in [1.29, 1.82) is 5.26 Å². The van der Waals surface area contributed by atoms with Gasteiger partial charge in [0.2, 0.25) is 11.8 Å². The van der Waals surface area contributed by atoms with Gasteiger partial charge < -0.3 is 14.8 Å². The number of nitrogens with zero attached hydrogens (tertiary/aromatic N) is 4. The van der Waals surface area contributed by atoms with Crippen LogP contribution in [0.5, 0.6) is 11.8 Å². The molecule has 0 radical (unpaired) electrons. The Hall–Kier alpha value is -2.96. The molecule has 0 bridgehead atoms. The molecule has 0 amide bonds. The molecule has 1 aliphatic carbocycles. The first-order chi connectivity index (χ1) is 11.6. The summed E-state index contributed by atoms with van der Waals surface area (Å²) in [5, 5.41) is 17.8. The van der Waals surface area contributed by atoms with E-state index in [1.165, 1.54) is 18.5 Å². The highest BCUT2D eigenvalue weighted by Crippen LogP contribution is 2.28. The Balaban J connectivity index is 1.61. The highest BCUT2D eigenvalue weighted by Gasteiger charge is 2.26. The molecule has 1 saturated carbocycles. The van der Waals surface area contributed by atoms with Crippen molar-refractivity contribution >= 4 is 11.6 Å². The van der Waals surface area contributed by atoms with E-state index >= 15 is 0 Å². The summed E-state index contributed by atoms with van der Waals surface area (Å²) in [5.74, 6) is 0.785. The number of nitrogens with one attached hydrogen (secondary N) is 2. The Labute approximate surface area is 135 Å². The topological polar surface area (TPSA) is 109 Å². The predicted molar refractivity (Wildman–Crippen MR) is 77.9 cm³/mol. The zero-order chi connectivity index (χ0) is 16.9. The van der Waals surface area contributed by atoms with Crippen molar-refractivity contribution in [3.63, 3.8) is 0 Å². The third kappa shape index (κ3) is 4.07. The fourth-order valence-corrected chi connectivity index (χ4v) is 2.46. The molecule has 10 heteroatoms. The number of nitriles is 1. The summed E-state index contributed by atoms with van der Waals surface area (Å²) in [5.41, 5.74) is 0. The minimum Gasteiger partial charge on any atom is -0.473 e. The fourth-order valence-electron chi connectivity index (χ4n) is 2.46. The molecule has 2 aromatic heterocycles. The van der Waals surface area contributed by atoms with Crippen LogP contribution in [0.2, 0.25) is 0 Å². The predicted octanol–water partition coefficient (Wildman–Crippen LogP) is 2.62. The van der Waals surface area contributed by atoms with Gasteiger partial charge in [-0.25, -0.2) is 0 Å². The van der Waals surface area contributed by atoms with Crippen LogP contribution in [0.25, 0.3) is 0 Å². The summed E-state index contributed by atoms with van der Waals surface area (Å²) < 4.78 is 34.1. The molecule has 0 saturated heterocycles. The van der Waals surface area contributed by atoms with Crippen LogP contribution >= 0.6 is 0 Å². The third-order valence-corrected chi connectivity index (χ3v) is 3.49. The highest BCUT2D eigenvalue weighted by atomic mass is 19.3. The number of aromatic nitrogens is 4. The lowest BCUT2D eigenvalue weighted by Crippen LogP contribution is -2.13. The molecule has 1 fully saturated rings. The second kappa shape index (κ2) is 7.08. The molecule has 1 aliphatic rings. The van der Waals surface area contributed by atoms with Crippen LogP contribution in [-0.2, 0) is 0 Å². The van der Waals surface area contributed by atoms with Crippen molar-refractivity contribution in [3.8, 4) is 17.8 Å². The molecular weight excluding hydrogens is 322 g/mol. The summed E-state index contributed by atoms with van der Waals surface area (Å²) in [6.07, 6.45) is 5.15. The minimum atomic E-state index is -2.94. The van der Waals surface area contributed by atoms with Gasteiger partial charge in [0, 0.05) is 18.4 Å². The van der Waals surface area contributed by atoms with E-state index in [1.807, 2.05) is 0 Å². The number of hydrogen-bond donors (Lipinski definition) is 2. The second-order valence-electron chi connectivity index (χ2n) is 5.24. The maximum absolute atomic E-state index is 12.1. The van der Waals surface area contributed by atoms with Gasteiger partial charge in [0.05, 0.1) is 18.5 Å². The summed E-state index contributed by atoms with van der Waals surface area (Å²) in [6.45, 7) is -2.94. The SMILES string of the molecule is N#C[C@@H]1CC[C@@H](Oc2cncc(Nc3cc(OC(F)F)n[nH]3)n2)C1. The quantitative estimate of drug-likeness (QED) is 0.834. The van der Waals surface area contributed by atoms with E-state index in [4.69, 9.17) is 10.00 Å². The Morgan fingerprint density at radius 2 is 2.21 bits per heavy atom. The number of aromatic amines is 1. The molecule has 126 valence electrons. The van der Waals surface area contributed by atoms with Gasteiger partial charge in [-0.1, -0.05) is 0 Å². The summed E-state index contributed by atoms with van der Waals surface area (Å²) in [7, 11) is 0. The second-order valence-corrected chi connectivity index (χ2v) is 5.24. The molecule has 0 unspecified atom stereocenters. The number of anilines is 2. The average Bonchev–Trinajstić information content (AvgIpc) is 3.16. The first kappa shape index (κ1) is 15.9. The van der Waals surface area contributed by atoms with Crippen molar-refractivity contribution in [2.45, 2.75) is 32.0 Å². The van der Waals surface area contributed by atoms with Crippen LogP contribution in [0.3, 0.4) is 0 Å². The Morgan fingerprint density at radius 1 is 1.33 bits per heavy atom. The fraction of sp³-hybridized carbons (Fsp3) is 0.429. The lowest BCUT2D eigenvalue weighted by molar-refractivity contribution is -0.0528. The van der Waals surface area contributed by atoms with Crippen molar-refractivity contribution in [2.24, 2.45) is 5.92 Å². The van der Waals surface area contributed by atoms with E-state index in [0.29, 0.717) is 23.9 Å². The number of halogens is 2. The monoisotopic (exact) mass is 336 g/mol. The van der Waals surface area contributed by atoms with Crippen LogP contribution in [0, 0.1) is 17.2 Å². The van der Waals surface area contributed by atoms with Gasteiger partial charge in [-0.15, -0.1) is 5.10 Å².